The summed E-state index contributed by atoms with van der Waals surface area (Å²) in [5.74, 6) is -2.53. The fraction of sp³-hybridized carbons (Fsp3) is 0.250. The first-order chi connectivity index (χ1) is 5.46. The molecule has 0 spiro atoms. The minimum absolute atomic E-state index is 0.108. The van der Waals surface area contributed by atoms with E-state index in [0.29, 0.717) is 0 Å². The highest BCUT2D eigenvalue weighted by Crippen LogP contribution is 2.20. The van der Waals surface area contributed by atoms with Gasteiger partial charge in [0.15, 0.2) is 11.5 Å². The van der Waals surface area contributed by atoms with Gasteiger partial charge in [0.1, 0.15) is 0 Å². The number of carbonyl (C=O) groups excluding carboxylic acids is 2. The highest BCUT2D eigenvalue weighted by Gasteiger charge is 2.29. The lowest BCUT2D eigenvalue weighted by atomic mass is 9.96. The third kappa shape index (κ3) is 0.922. The van der Waals surface area contributed by atoms with Gasteiger partial charge in [0.05, 0.1) is 0 Å². The maximum atomic E-state index is 11.0. The summed E-state index contributed by atoms with van der Waals surface area (Å²) < 4.78 is 0. The molecular formula is C8H8O4. The summed E-state index contributed by atoms with van der Waals surface area (Å²) in [4.78, 5) is 22.0. The first kappa shape index (κ1) is 8.52. The Hall–Kier alpha value is -1.58. The lowest BCUT2D eigenvalue weighted by Crippen LogP contribution is -2.21. The molecule has 4 nitrogen and oxygen atoms in total. The molecule has 0 aromatic carbocycles. The zero-order chi connectivity index (χ0) is 9.46. The van der Waals surface area contributed by atoms with Crippen LogP contribution in [0.4, 0.5) is 0 Å². The number of rotatable bonds is 0. The van der Waals surface area contributed by atoms with Crippen molar-refractivity contribution in [2.45, 2.75) is 13.8 Å². The molecule has 0 aliphatic heterocycles. The Balaban J connectivity index is 3.32. The molecule has 1 aliphatic carbocycles. The van der Waals surface area contributed by atoms with E-state index in [2.05, 4.69) is 0 Å². The summed E-state index contributed by atoms with van der Waals surface area (Å²) in [6.45, 7) is 2.58. The maximum absolute atomic E-state index is 11.0. The van der Waals surface area contributed by atoms with Gasteiger partial charge in [0, 0.05) is 11.1 Å². The van der Waals surface area contributed by atoms with E-state index in [1.165, 1.54) is 13.8 Å². The lowest BCUT2D eigenvalue weighted by molar-refractivity contribution is -0.120. The molecule has 2 N–H and O–H groups in total. The van der Waals surface area contributed by atoms with E-state index in [0.717, 1.165) is 0 Å². The number of hydrogen-bond acceptors (Lipinski definition) is 4. The van der Waals surface area contributed by atoms with Gasteiger partial charge in [0.25, 0.3) is 0 Å². The van der Waals surface area contributed by atoms with E-state index in [1.807, 2.05) is 0 Å². The van der Waals surface area contributed by atoms with Gasteiger partial charge < -0.3 is 10.2 Å². The van der Waals surface area contributed by atoms with Crippen LogP contribution in [0.3, 0.4) is 0 Å². The highest BCUT2D eigenvalue weighted by molar-refractivity contribution is 6.22. The fourth-order valence-corrected chi connectivity index (χ4v) is 0.911. The second kappa shape index (κ2) is 2.48. The van der Waals surface area contributed by atoms with E-state index < -0.39 is 23.1 Å². The molecule has 0 atom stereocenters. The van der Waals surface area contributed by atoms with Gasteiger partial charge in [-0.3, -0.25) is 9.59 Å². The van der Waals surface area contributed by atoms with Gasteiger partial charge in [-0.25, -0.2) is 0 Å². The summed E-state index contributed by atoms with van der Waals surface area (Å²) in [6, 6.07) is 0. The highest BCUT2D eigenvalue weighted by atomic mass is 16.3. The van der Waals surface area contributed by atoms with Crippen LogP contribution in [0.25, 0.3) is 0 Å². The SMILES string of the molecule is CC1=C(O)C(=O)C(C)=C(O)C1=O. The average Bonchev–Trinajstić information content (AvgIpc) is 2.08. The summed E-state index contributed by atoms with van der Waals surface area (Å²) in [5, 5.41) is 18.1. The Bertz CT molecular complexity index is 271. The first-order valence-electron chi connectivity index (χ1n) is 3.36. The Kier molecular flexibility index (Phi) is 1.76. The number of hydrogen-bond donors (Lipinski definition) is 2. The summed E-state index contributed by atoms with van der Waals surface area (Å²) >= 11 is 0. The topological polar surface area (TPSA) is 74.6 Å². The smallest absolute Gasteiger partial charge is 0.227 e. The lowest BCUT2D eigenvalue weighted by Gasteiger charge is -2.11. The van der Waals surface area contributed by atoms with Crippen molar-refractivity contribution in [3.05, 3.63) is 22.7 Å². The van der Waals surface area contributed by atoms with Crippen molar-refractivity contribution in [1.82, 2.24) is 0 Å². The molecule has 64 valence electrons. The van der Waals surface area contributed by atoms with E-state index >= 15 is 0 Å². The molecule has 0 unspecified atom stereocenters. The molecule has 0 bridgehead atoms. The van der Waals surface area contributed by atoms with Gasteiger partial charge in [0.2, 0.25) is 11.6 Å². The van der Waals surface area contributed by atoms with Crippen LogP contribution in [0.15, 0.2) is 22.7 Å². The Morgan fingerprint density at radius 3 is 1.33 bits per heavy atom. The van der Waals surface area contributed by atoms with Crippen molar-refractivity contribution >= 4 is 11.6 Å². The zero-order valence-corrected chi connectivity index (χ0v) is 6.71. The molecule has 1 rings (SSSR count). The van der Waals surface area contributed by atoms with Crippen molar-refractivity contribution in [2.75, 3.05) is 0 Å². The molecule has 12 heavy (non-hydrogen) atoms. The van der Waals surface area contributed by atoms with E-state index in [-0.39, 0.29) is 11.1 Å². The quantitative estimate of drug-likeness (QED) is 0.524. The summed E-state index contributed by atoms with van der Waals surface area (Å²) in [7, 11) is 0. The number of Topliss-reactive ketones (excluding diaryl/α,β-unsaturated/α-hetero) is 2. The molecule has 0 amide bonds. The number of ketones is 2. The predicted molar refractivity (Wildman–Crippen MR) is 40.7 cm³/mol. The van der Waals surface area contributed by atoms with Crippen LogP contribution < -0.4 is 0 Å². The molecule has 4 heteroatoms. The first-order valence-corrected chi connectivity index (χ1v) is 3.36. The van der Waals surface area contributed by atoms with Crippen LogP contribution >= 0.6 is 0 Å². The monoisotopic (exact) mass is 168 g/mol. The molecule has 0 fully saturated rings. The van der Waals surface area contributed by atoms with Crippen LogP contribution in [0.1, 0.15) is 13.8 Å². The van der Waals surface area contributed by atoms with Crippen molar-refractivity contribution in [3.63, 3.8) is 0 Å². The summed E-state index contributed by atoms with van der Waals surface area (Å²) in [5.41, 5.74) is -0.216. The Morgan fingerprint density at radius 1 is 0.833 bits per heavy atom. The van der Waals surface area contributed by atoms with Crippen LogP contribution in [-0.2, 0) is 9.59 Å². The van der Waals surface area contributed by atoms with Gasteiger partial charge in [-0.2, -0.15) is 0 Å². The van der Waals surface area contributed by atoms with E-state index in [1.54, 1.807) is 0 Å². The molecule has 0 heterocycles. The molecule has 0 saturated heterocycles. The molecular weight excluding hydrogens is 160 g/mol. The minimum atomic E-state index is -0.690. The van der Waals surface area contributed by atoms with Crippen LogP contribution in [0.2, 0.25) is 0 Å². The van der Waals surface area contributed by atoms with Crippen LogP contribution in [0.5, 0.6) is 0 Å². The molecule has 0 aromatic heterocycles. The molecule has 0 radical (unpaired) electrons. The van der Waals surface area contributed by atoms with Gasteiger partial charge in [-0.05, 0) is 13.8 Å². The van der Waals surface area contributed by atoms with Gasteiger partial charge >= 0.3 is 0 Å². The van der Waals surface area contributed by atoms with Crippen molar-refractivity contribution in [2.24, 2.45) is 0 Å². The molecule has 0 saturated carbocycles. The number of aliphatic hydroxyl groups is 2. The van der Waals surface area contributed by atoms with Gasteiger partial charge in [-0.15, -0.1) is 0 Å². The number of aliphatic hydroxyl groups excluding tert-OH is 2. The summed E-state index contributed by atoms with van der Waals surface area (Å²) in [6.07, 6.45) is 0. The van der Waals surface area contributed by atoms with Crippen LogP contribution in [0, 0.1) is 0 Å². The Morgan fingerprint density at radius 2 is 1.08 bits per heavy atom. The molecule has 1 aliphatic rings. The van der Waals surface area contributed by atoms with Gasteiger partial charge in [-0.1, -0.05) is 0 Å². The number of allylic oxidation sites excluding steroid dienone is 2. The minimum Gasteiger partial charge on any atom is -0.504 e. The zero-order valence-electron chi connectivity index (χ0n) is 6.71. The fourth-order valence-electron chi connectivity index (χ4n) is 0.911. The maximum Gasteiger partial charge on any atom is 0.227 e. The van der Waals surface area contributed by atoms with Crippen molar-refractivity contribution in [1.29, 1.82) is 0 Å². The van der Waals surface area contributed by atoms with Crippen molar-refractivity contribution < 1.29 is 19.8 Å². The predicted octanol–water partition coefficient (Wildman–Crippen LogP) is 0.802. The Labute approximate surface area is 68.8 Å². The third-order valence-electron chi connectivity index (χ3n) is 1.82. The third-order valence-corrected chi connectivity index (χ3v) is 1.82. The largest absolute Gasteiger partial charge is 0.504 e. The average molecular weight is 168 g/mol. The van der Waals surface area contributed by atoms with E-state index in [4.69, 9.17) is 10.2 Å². The van der Waals surface area contributed by atoms with E-state index in [9.17, 15) is 9.59 Å². The van der Waals surface area contributed by atoms with Crippen molar-refractivity contribution in [3.8, 4) is 0 Å². The second-order valence-electron chi connectivity index (χ2n) is 2.61. The second-order valence-corrected chi connectivity index (χ2v) is 2.61. The van der Waals surface area contributed by atoms with Crippen LogP contribution in [-0.4, -0.2) is 21.8 Å². The number of carbonyl (C=O) groups is 2. The standard InChI is InChI=1S/C8H8O4/c1-3-5(9)7(11)4(2)8(12)6(3)10/h9,12H,1-2H3. The molecule has 0 aromatic rings. The normalized spacial score (nSPS) is 19.2.